The zero-order valence-electron chi connectivity index (χ0n) is 10.6. The number of hydrogen-bond donors (Lipinski definition) is 2. The highest BCUT2D eigenvalue weighted by atomic mass is 127. The monoisotopic (exact) mass is 369 g/mol. The first-order valence-electron chi connectivity index (χ1n) is 6.55. The molecule has 0 radical (unpaired) electrons. The van der Waals surface area contributed by atoms with E-state index in [1.165, 1.54) is 37.9 Å². The van der Waals surface area contributed by atoms with E-state index in [0.717, 1.165) is 24.3 Å². The van der Waals surface area contributed by atoms with Crippen LogP contribution in [0.5, 0.6) is 0 Å². The summed E-state index contributed by atoms with van der Waals surface area (Å²) in [5.74, 6) is 2.35. The van der Waals surface area contributed by atoms with E-state index in [-0.39, 0.29) is 24.0 Å². The van der Waals surface area contributed by atoms with Crippen molar-refractivity contribution >= 4 is 41.7 Å². The summed E-state index contributed by atoms with van der Waals surface area (Å²) in [5.41, 5.74) is 0. The van der Waals surface area contributed by atoms with E-state index in [4.69, 9.17) is 4.99 Å². The molecule has 0 amide bonds. The molecule has 3 nitrogen and oxygen atoms in total. The summed E-state index contributed by atoms with van der Waals surface area (Å²) in [5, 5.41) is 7.60. The number of rotatable bonds is 4. The van der Waals surface area contributed by atoms with Crippen LogP contribution >= 0.6 is 35.7 Å². The molecule has 100 valence electrons. The highest BCUT2D eigenvalue weighted by molar-refractivity contribution is 14.0. The number of guanidine groups is 1. The van der Waals surface area contributed by atoms with Crippen molar-refractivity contribution in [1.82, 2.24) is 10.6 Å². The number of halogens is 1. The van der Waals surface area contributed by atoms with Gasteiger partial charge in [-0.3, -0.25) is 4.99 Å². The second-order valence-corrected chi connectivity index (χ2v) is 6.04. The number of aliphatic imine (C=N–C) groups is 1. The molecule has 0 aromatic rings. The molecule has 0 bridgehead atoms. The molecule has 1 aliphatic heterocycles. The molecule has 1 atom stereocenters. The Hall–Kier alpha value is 0.350. The molecule has 0 aromatic carbocycles. The van der Waals surface area contributed by atoms with Crippen LogP contribution in [0.3, 0.4) is 0 Å². The van der Waals surface area contributed by atoms with E-state index in [1.54, 1.807) is 0 Å². The van der Waals surface area contributed by atoms with E-state index in [9.17, 15) is 0 Å². The summed E-state index contributed by atoms with van der Waals surface area (Å²) in [6.45, 7) is 4.06. The molecule has 1 heterocycles. The smallest absolute Gasteiger partial charge is 0.191 e. The Morgan fingerprint density at radius 3 is 2.65 bits per heavy atom. The van der Waals surface area contributed by atoms with Gasteiger partial charge in [0.2, 0.25) is 0 Å². The van der Waals surface area contributed by atoms with Crippen LogP contribution in [0.15, 0.2) is 4.99 Å². The van der Waals surface area contributed by atoms with Gasteiger partial charge >= 0.3 is 0 Å². The SMILES string of the molecule is CCNC(=NCC1CCCS1)NC1CCC1.I. The van der Waals surface area contributed by atoms with Gasteiger partial charge in [0.25, 0.3) is 0 Å². The first-order valence-corrected chi connectivity index (χ1v) is 7.60. The topological polar surface area (TPSA) is 36.4 Å². The number of nitrogens with zero attached hydrogens (tertiary/aromatic N) is 1. The molecular formula is C12H24IN3S. The lowest BCUT2D eigenvalue weighted by Gasteiger charge is -2.28. The van der Waals surface area contributed by atoms with Gasteiger partial charge in [-0.2, -0.15) is 11.8 Å². The van der Waals surface area contributed by atoms with Gasteiger partial charge < -0.3 is 10.6 Å². The molecule has 1 unspecified atom stereocenters. The summed E-state index contributed by atoms with van der Waals surface area (Å²) in [7, 11) is 0. The molecule has 1 saturated heterocycles. The Kier molecular flexibility index (Phi) is 7.66. The van der Waals surface area contributed by atoms with E-state index < -0.39 is 0 Å². The quantitative estimate of drug-likeness (QED) is 0.454. The van der Waals surface area contributed by atoms with E-state index in [2.05, 4.69) is 29.3 Å². The first-order chi connectivity index (χ1) is 7.88. The molecule has 1 saturated carbocycles. The van der Waals surface area contributed by atoms with Crippen LogP contribution in [0.4, 0.5) is 0 Å². The predicted octanol–water partition coefficient (Wildman–Crippen LogP) is 2.61. The Morgan fingerprint density at radius 2 is 2.12 bits per heavy atom. The molecule has 2 aliphatic rings. The fourth-order valence-corrected chi connectivity index (χ4v) is 3.23. The van der Waals surface area contributed by atoms with Crippen LogP contribution in [0.2, 0.25) is 0 Å². The highest BCUT2D eigenvalue weighted by Crippen LogP contribution is 2.26. The van der Waals surface area contributed by atoms with Crippen LogP contribution in [0.1, 0.15) is 39.0 Å². The minimum absolute atomic E-state index is 0. The highest BCUT2D eigenvalue weighted by Gasteiger charge is 2.19. The third-order valence-electron chi connectivity index (χ3n) is 3.27. The lowest BCUT2D eigenvalue weighted by Crippen LogP contribution is -2.46. The molecule has 0 spiro atoms. The summed E-state index contributed by atoms with van der Waals surface area (Å²) in [6, 6.07) is 0.675. The molecule has 5 heteroatoms. The second kappa shape index (κ2) is 8.45. The molecule has 0 aromatic heterocycles. The Bertz CT molecular complexity index is 238. The van der Waals surface area contributed by atoms with Crippen LogP contribution in [-0.2, 0) is 0 Å². The second-order valence-electron chi connectivity index (χ2n) is 4.63. The van der Waals surface area contributed by atoms with Gasteiger partial charge in [0.05, 0.1) is 6.54 Å². The average molecular weight is 369 g/mol. The van der Waals surface area contributed by atoms with Crippen molar-refractivity contribution in [3.63, 3.8) is 0 Å². The number of nitrogens with one attached hydrogen (secondary N) is 2. The van der Waals surface area contributed by atoms with Crippen molar-refractivity contribution in [2.24, 2.45) is 4.99 Å². The Morgan fingerprint density at radius 1 is 1.29 bits per heavy atom. The maximum atomic E-state index is 4.69. The van der Waals surface area contributed by atoms with Gasteiger partial charge in [-0.1, -0.05) is 0 Å². The fraction of sp³-hybridized carbons (Fsp3) is 0.917. The summed E-state index contributed by atoms with van der Waals surface area (Å²) >= 11 is 2.08. The van der Waals surface area contributed by atoms with Gasteiger partial charge in [0.15, 0.2) is 5.96 Å². The maximum absolute atomic E-state index is 4.69. The molecule has 1 aliphatic carbocycles. The van der Waals surface area contributed by atoms with Gasteiger partial charge in [-0.05, 0) is 44.8 Å². The van der Waals surface area contributed by atoms with Gasteiger partial charge in [-0.25, -0.2) is 0 Å². The zero-order chi connectivity index (χ0) is 11.2. The van der Waals surface area contributed by atoms with Crippen LogP contribution in [0, 0.1) is 0 Å². The van der Waals surface area contributed by atoms with Crippen LogP contribution in [0.25, 0.3) is 0 Å². The number of thioether (sulfide) groups is 1. The van der Waals surface area contributed by atoms with Gasteiger partial charge in [0.1, 0.15) is 0 Å². The van der Waals surface area contributed by atoms with E-state index in [1.807, 2.05) is 0 Å². The standard InChI is InChI=1S/C12H23N3S.HI/c1-2-13-12(15-10-5-3-6-10)14-9-11-7-4-8-16-11;/h10-11H,2-9H2,1H3,(H2,13,14,15);1H. The molecule has 2 fully saturated rings. The van der Waals surface area contributed by atoms with Crippen molar-refractivity contribution < 1.29 is 0 Å². The van der Waals surface area contributed by atoms with Crippen molar-refractivity contribution in [3.05, 3.63) is 0 Å². The van der Waals surface area contributed by atoms with Gasteiger partial charge in [0, 0.05) is 17.8 Å². The van der Waals surface area contributed by atoms with Crippen molar-refractivity contribution in [1.29, 1.82) is 0 Å². The average Bonchev–Trinajstić information content (AvgIpc) is 2.72. The third-order valence-corrected chi connectivity index (χ3v) is 4.65. The molecule has 2 rings (SSSR count). The number of hydrogen-bond acceptors (Lipinski definition) is 2. The minimum atomic E-state index is 0. The molecule has 2 N–H and O–H groups in total. The Labute approximate surface area is 126 Å². The fourth-order valence-electron chi connectivity index (χ4n) is 2.05. The molecule has 17 heavy (non-hydrogen) atoms. The van der Waals surface area contributed by atoms with Gasteiger partial charge in [-0.15, -0.1) is 24.0 Å². The first kappa shape index (κ1) is 15.4. The predicted molar refractivity (Wildman–Crippen MR) is 87.6 cm³/mol. The lowest BCUT2D eigenvalue weighted by molar-refractivity contribution is 0.380. The third kappa shape index (κ3) is 5.24. The summed E-state index contributed by atoms with van der Waals surface area (Å²) in [6.07, 6.45) is 6.70. The van der Waals surface area contributed by atoms with Crippen molar-refractivity contribution in [3.8, 4) is 0 Å². The summed E-state index contributed by atoms with van der Waals surface area (Å²) < 4.78 is 0. The summed E-state index contributed by atoms with van der Waals surface area (Å²) in [4.78, 5) is 4.69. The van der Waals surface area contributed by atoms with Crippen LogP contribution < -0.4 is 10.6 Å². The van der Waals surface area contributed by atoms with E-state index in [0.29, 0.717) is 6.04 Å². The normalized spacial score (nSPS) is 25.0. The zero-order valence-corrected chi connectivity index (χ0v) is 13.7. The largest absolute Gasteiger partial charge is 0.357 e. The van der Waals surface area contributed by atoms with Crippen LogP contribution in [-0.4, -0.2) is 36.1 Å². The van der Waals surface area contributed by atoms with Crippen molar-refractivity contribution in [2.45, 2.75) is 50.3 Å². The molecular weight excluding hydrogens is 345 g/mol. The van der Waals surface area contributed by atoms with Crippen molar-refractivity contribution in [2.75, 3.05) is 18.8 Å². The maximum Gasteiger partial charge on any atom is 0.191 e. The minimum Gasteiger partial charge on any atom is -0.357 e. The Balaban J connectivity index is 0.00000144. The lowest BCUT2D eigenvalue weighted by atomic mass is 9.93. The van der Waals surface area contributed by atoms with E-state index >= 15 is 0 Å².